The molecular weight excluding hydrogens is 176 g/mol. The Hall–Kier alpha value is -1.19. The molecule has 0 bridgehead atoms. The van der Waals surface area contributed by atoms with Crippen LogP contribution in [-0.2, 0) is 6.61 Å². The van der Waals surface area contributed by atoms with E-state index in [1.165, 1.54) is 0 Å². The Morgan fingerprint density at radius 2 is 2.36 bits per heavy atom. The van der Waals surface area contributed by atoms with E-state index in [1.807, 2.05) is 19.2 Å². The highest BCUT2D eigenvalue weighted by atomic mass is 16.3. The molecule has 1 heterocycles. The summed E-state index contributed by atoms with van der Waals surface area (Å²) in [4.78, 5) is 4.03. The molecule has 14 heavy (non-hydrogen) atoms. The zero-order valence-electron chi connectivity index (χ0n) is 8.40. The maximum Gasteiger partial charge on any atom is 0.0697 e. The molecular formula is C11H16N2O. The SMILES string of the molecule is CNCC/C=C/c1cncc(CO)c1. The second-order valence-corrected chi connectivity index (χ2v) is 3.08. The molecule has 3 nitrogen and oxygen atoms in total. The normalized spacial score (nSPS) is 11.0. The van der Waals surface area contributed by atoms with Crippen molar-refractivity contribution in [2.24, 2.45) is 0 Å². The third-order valence-corrected chi connectivity index (χ3v) is 1.87. The van der Waals surface area contributed by atoms with Gasteiger partial charge in [-0.25, -0.2) is 0 Å². The number of pyridine rings is 1. The van der Waals surface area contributed by atoms with Crippen molar-refractivity contribution < 1.29 is 5.11 Å². The summed E-state index contributed by atoms with van der Waals surface area (Å²) in [7, 11) is 1.93. The lowest BCUT2D eigenvalue weighted by atomic mass is 10.2. The van der Waals surface area contributed by atoms with Crippen molar-refractivity contribution >= 4 is 6.08 Å². The van der Waals surface area contributed by atoms with Crippen molar-refractivity contribution in [1.82, 2.24) is 10.3 Å². The molecule has 76 valence electrons. The molecule has 1 aromatic heterocycles. The van der Waals surface area contributed by atoms with Crippen molar-refractivity contribution in [2.75, 3.05) is 13.6 Å². The highest BCUT2D eigenvalue weighted by Crippen LogP contribution is 2.04. The Morgan fingerprint density at radius 1 is 1.50 bits per heavy atom. The fourth-order valence-corrected chi connectivity index (χ4v) is 1.13. The molecule has 0 aliphatic carbocycles. The summed E-state index contributed by atoms with van der Waals surface area (Å²) in [5.41, 5.74) is 1.88. The van der Waals surface area contributed by atoms with Crippen LogP contribution >= 0.6 is 0 Å². The zero-order chi connectivity index (χ0) is 10.2. The van der Waals surface area contributed by atoms with Crippen molar-refractivity contribution in [1.29, 1.82) is 0 Å². The standard InChI is InChI=1S/C11H16N2O/c1-12-5-3-2-4-10-6-11(9-14)8-13-7-10/h2,4,6-8,12,14H,3,5,9H2,1H3/b4-2+. The molecule has 0 atom stereocenters. The average Bonchev–Trinajstić information content (AvgIpc) is 2.25. The van der Waals surface area contributed by atoms with Gasteiger partial charge in [-0.2, -0.15) is 0 Å². The number of nitrogens with zero attached hydrogens (tertiary/aromatic N) is 1. The van der Waals surface area contributed by atoms with Gasteiger partial charge in [0.2, 0.25) is 0 Å². The van der Waals surface area contributed by atoms with Gasteiger partial charge in [-0.1, -0.05) is 12.2 Å². The van der Waals surface area contributed by atoms with Crippen LogP contribution in [0.25, 0.3) is 6.08 Å². The number of rotatable bonds is 5. The Bertz CT molecular complexity index is 297. The highest BCUT2D eigenvalue weighted by molar-refractivity contribution is 5.48. The first kappa shape index (κ1) is 10.9. The van der Waals surface area contributed by atoms with Crippen LogP contribution in [0.3, 0.4) is 0 Å². The molecule has 0 aliphatic heterocycles. The number of nitrogens with one attached hydrogen (secondary N) is 1. The lowest BCUT2D eigenvalue weighted by Crippen LogP contribution is -2.05. The summed E-state index contributed by atoms with van der Waals surface area (Å²) in [6.07, 6.45) is 8.57. The molecule has 2 N–H and O–H groups in total. The Morgan fingerprint density at radius 3 is 3.07 bits per heavy atom. The van der Waals surface area contributed by atoms with Gasteiger partial charge in [-0.3, -0.25) is 4.98 Å². The minimum atomic E-state index is 0.0468. The maximum absolute atomic E-state index is 8.90. The highest BCUT2D eigenvalue weighted by Gasteiger charge is 1.91. The van der Waals surface area contributed by atoms with Crippen molar-refractivity contribution in [3.8, 4) is 0 Å². The fraction of sp³-hybridized carbons (Fsp3) is 0.364. The summed E-state index contributed by atoms with van der Waals surface area (Å²) < 4.78 is 0. The monoisotopic (exact) mass is 192 g/mol. The van der Waals surface area contributed by atoms with Gasteiger partial charge in [0.05, 0.1) is 6.61 Å². The largest absolute Gasteiger partial charge is 0.392 e. The van der Waals surface area contributed by atoms with E-state index in [-0.39, 0.29) is 6.61 Å². The van der Waals surface area contributed by atoms with E-state index in [9.17, 15) is 0 Å². The van der Waals surface area contributed by atoms with Gasteiger partial charge >= 0.3 is 0 Å². The van der Waals surface area contributed by atoms with E-state index < -0.39 is 0 Å². The van der Waals surface area contributed by atoms with E-state index in [1.54, 1.807) is 12.4 Å². The molecule has 1 rings (SSSR count). The van der Waals surface area contributed by atoms with Crippen LogP contribution in [0.5, 0.6) is 0 Å². The number of aliphatic hydroxyl groups excluding tert-OH is 1. The predicted molar refractivity (Wildman–Crippen MR) is 57.7 cm³/mol. The fourth-order valence-electron chi connectivity index (χ4n) is 1.13. The molecule has 0 spiro atoms. The van der Waals surface area contributed by atoms with Gasteiger partial charge in [0.25, 0.3) is 0 Å². The Balaban J connectivity index is 2.53. The minimum Gasteiger partial charge on any atom is -0.392 e. The van der Waals surface area contributed by atoms with Crippen LogP contribution in [0.15, 0.2) is 24.5 Å². The molecule has 1 aromatic rings. The summed E-state index contributed by atoms with van der Waals surface area (Å²) >= 11 is 0. The second kappa shape index (κ2) is 6.29. The smallest absolute Gasteiger partial charge is 0.0697 e. The maximum atomic E-state index is 8.90. The molecule has 0 unspecified atom stereocenters. The van der Waals surface area contributed by atoms with E-state index in [2.05, 4.69) is 16.4 Å². The van der Waals surface area contributed by atoms with Gasteiger partial charge in [0.15, 0.2) is 0 Å². The first-order chi connectivity index (χ1) is 6.86. The van der Waals surface area contributed by atoms with Crippen molar-refractivity contribution in [2.45, 2.75) is 13.0 Å². The third-order valence-electron chi connectivity index (χ3n) is 1.87. The summed E-state index contributed by atoms with van der Waals surface area (Å²) in [5.74, 6) is 0. The molecule has 3 heteroatoms. The van der Waals surface area contributed by atoms with Gasteiger partial charge in [-0.05, 0) is 37.2 Å². The Kier molecular flexibility index (Phi) is 4.89. The molecule has 0 radical (unpaired) electrons. The summed E-state index contributed by atoms with van der Waals surface area (Å²) in [6.45, 7) is 1.02. The number of aliphatic hydroxyl groups is 1. The number of hydrogen-bond donors (Lipinski definition) is 2. The Labute approximate surface area is 84.5 Å². The van der Waals surface area contributed by atoms with Gasteiger partial charge in [0.1, 0.15) is 0 Å². The predicted octanol–water partition coefficient (Wildman–Crippen LogP) is 1.20. The van der Waals surface area contributed by atoms with Gasteiger partial charge in [0, 0.05) is 12.4 Å². The first-order valence-electron chi connectivity index (χ1n) is 4.72. The van der Waals surface area contributed by atoms with Gasteiger partial charge < -0.3 is 10.4 Å². The van der Waals surface area contributed by atoms with E-state index in [4.69, 9.17) is 5.11 Å². The third kappa shape index (κ3) is 3.68. The van der Waals surface area contributed by atoms with Crippen LogP contribution in [0.2, 0.25) is 0 Å². The van der Waals surface area contributed by atoms with Crippen LogP contribution in [0, 0.1) is 0 Å². The molecule has 0 amide bonds. The number of hydrogen-bond acceptors (Lipinski definition) is 3. The van der Waals surface area contributed by atoms with Crippen molar-refractivity contribution in [3.63, 3.8) is 0 Å². The van der Waals surface area contributed by atoms with Gasteiger partial charge in [-0.15, -0.1) is 0 Å². The van der Waals surface area contributed by atoms with Crippen molar-refractivity contribution in [3.05, 3.63) is 35.7 Å². The minimum absolute atomic E-state index is 0.0468. The second-order valence-electron chi connectivity index (χ2n) is 3.08. The zero-order valence-corrected chi connectivity index (χ0v) is 8.40. The topological polar surface area (TPSA) is 45.2 Å². The van der Waals surface area contributed by atoms with E-state index in [0.717, 1.165) is 24.1 Å². The average molecular weight is 192 g/mol. The van der Waals surface area contributed by atoms with E-state index >= 15 is 0 Å². The van der Waals surface area contributed by atoms with Crippen LogP contribution in [-0.4, -0.2) is 23.7 Å². The molecule has 0 fully saturated rings. The lowest BCUT2D eigenvalue weighted by Gasteiger charge is -1.97. The molecule has 0 aromatic carbocycles. The van der Waals surface area contributed by atoms with Crippen LogP contribution in [0.1, 0.15) is 17.5 Å². The van der Waals surface area contributed by atoms with Crippen LogP contribution < -0.4 is 5.32 Å². The lowest BCUT2D eigenvalue weighted by molar-refractivity contribution is 0.281. The quantitative estimate of drug-likeness (QED) is 0.689. The molecule has 0 aliphatic rings. The number of aromatic nitrogens is 1. The summed E-state index contributed by atoms with van der Waals surface area (Å²) in [6, 6.07) is 1.93. The summed E-state index contributed by atoms with van der Waals surface area (Å²) in [5, 5.41) is 12.0. The van der Waals surface area contributed by atoms with Crippen LogP contribution in [0.4, 0.5) is 0 Å². The van der Waals surface area contributed by atoms with E-state index in [0.29, 0.717) is 0 Å². The first-order valence-corrected chi connectivity index (χ1v) is 4.72. The molecule has 0 saturated carbocycles. The molecule has 0 saturated heterocycles.